The summed E-state index contributed by atoms with van der Waals surface area (Å²) in [5.41, 5.74) is 1.91. The number of ketones is 1. The molecular formula is C35H41BrN2O5. The van der Waals surface area contributed by atoms with E-state index in [-0.39, 0.29) is 6.42 Å². The maximum atomic E-state index is 14.3. The molecule has 4 unspecified atom stereocenters. The predicted octanol–water partition coefficient (Wildman–Crippen LogP) is 7.07. The molecule has 1 saturated carbocycles. The van der Waals surface area contributed by atoms with Crippen molar-refractivity contribution in [3.63, 3.8) is 0 Å². The number of nitrogens with one attached hydrogen (secondary N) is 2. The number of unbranched alkanes of at least 4 members (excludes halogenated alkanes) is 1. The number of carbonyl (C=O) groups is 3. The second kappa shape index (κ2) is 14.3. The van der Waals surface area contributed by atoms with E-state index in [0.717, 1.165) is 24.0 Å². The van der Waals surface area contributed by atoms with Gasteiger partial charge in [0.05, 0.1) is 18.1 Å². The molecule has 1 fully saturated rings. The van der Waals surface area contributed by atoms with Crippen molar-refractivity contribution in [1.82, 2.24) is 0 Å². The summed E-state index contributed by atoms with van der Waals surface area (Å²) >= 11 is 3.54. The zero-order valence-electron chi connectivity index (χ0n) is 25.3. The molecule has 0 saturated heterocycles. The number of carbonyl (C=O) groups excluding carboxylic acids is 3. The average Bonchev–Trinajstić information content (AvgIpc) is 2.97. The van der Waals surface area contributed by atoms with Crippen LogP contribution >= 0.6 is 15.9 Å². The smallest absolute Gasteiger partial charge is 0.235 e. The molecule has 3 aromatic rings. The lowest BCUT2D eigenvalue weighted by Gasteiger charge is -2.45. The lowest BCUT2D eigenvalue weighted by Crippen LogP contribution is -2.56. The minimum Gasteiger partial charge on any atom is -0.493 e. The van der Waals surface area contributed by atoms with E-state index in [2.05, 4.69) is 33.5 Å². The van der Waals surface area contributed by atoms with Crippen LogP contribution in [0.2, 0.25) is 0 Å². The summed E-state index contributed by atoms with van der Waals surface area (Å²) < 4.78 is 6.88. The number of para-hydroxylation sites is 2. The Morgan fingerprint density at radius 3 is 2.09 bits per heavy atom. The Morgan fingerprint density at radius 1 is 0.930 bits per heavy atom. The fourth-order valence-electron chi connectivity index (χ4n) is 6.03. The van der Waals surface area contributed by atoms with Crippen LogP contribution in [-0.2, 0) is 27.2 Å². The molecule has 4 atom stereocenters. The van der Waals surface area contributed by atoms with Crippen LogP contribution in [0.1, 0.15) is 69.6 Å². The van der Waals surface area contributed by atoms with Gasteiger partial charge >= 0.3 is 0 Å². The molecule has 4 rings (SSSR count). The predicted molar refractivity (Wildman–Crippen MR) is 173 cm³/mol. The van der Waals surface area contributed by atoms with Gasteiger partial charge in [-0.05, 0) is 67.6 Å². The van der Waals surface area contributed by atoms with Gasteiger partial charge in [0.15, 0.2) is 0 Å². The van der Waals surface area contributed by atoms with Crippen LogP contribution in [0.25, 0.3) is 0 Å². The number of rotatable bonds is 11. The Balaban J connectivity index is 1.86. The van der Waals surface area contributed by atoms with E-state index in [1.54, 1.807) is 18.2 Å². The Labute approximate surface area is 262 Å². The molecule has 1 aliphatic carbocycles. The first-order valence-electron chi connectivity index (χ1n) is 15.1. The molecule has 0 spiro atoms. The number of Topliss-reactive ketones (excluding diaryl/α,β-unsaturated/α-hetero) is 1. The minimum atomic E-state index is -1.73. The van der Waals surface area contributed by atoms with Crippen LogP contribution < -0.4 is 15.4 Å². The number of anilines is 2. The maximum Gasteiger partial charge on any atom is 0.235 e. The van der Waals surface area contributed by atoms with Crippen LogP contribution in [0.3, 0.4) is 0 Å². The molecule has 0 aromatic heterocycles. The highest BCUT2D eigenvalue weighted by Crippen LogP contribution is 2.49. The Hall–Kier alpha value is -3.49. The summed E-state index contributed by atoms with van der Waals surface area (Å²) in [6, 6.07) is 20.4. The quantitative estimate of drug-likeness (QED) is 0.152. The summed E-state index contributed by atoms with van der Waals surface area (Å²) in [5, 5.41) is 17.8. The van der Waals surface area contributed by atoms with Crippen molar-refractivity contribution >= 4 is 44.9 Å². The largest absolute Gasteiger partial charge is 0.493 e. The minimum absolute atomic E-state index is 0.343. The number of hydrogen-bond acceptors (Lipinski definition) is 5. The number of benzene rings is 3. The maximum absolute atomic E-state index is 14.3. The van der Waals surface area contributed by atoms with E-state index >= 15 is 0 Å². The van der Waals surface area contributed by atoms with E-state index in [0.29, 0.717) is 46.6 Å². The molecule has 228 valence electrons. The van der Waals surface area contributed by atoms with Gasteiger partial charge in [0, 0.05) is 33.7 Å². The number of ether oxygens (including phenoxy) is 1. The van der Waals surface area contributed by atoms with Crippen LogP contribution in [0.4, 0.5) is 11.4 Å². The van der Waals surface area contributed by atoms with Gasteiger partial charge in [-0.1, -0.05) is 79.5 Å². The molecule has 43 heavy (non-hydrogen) atoms. The van der Waals surface area contributed by atoms with Gasteiger partial charge in [0.2, 0.25) is 11.8 Å². The van der Waals surface area contributed by atoms with Gasteiger partial charge in [0.25, 0.3) is 0 Å². The summed E-state index contributed by atoms with van der Waals surface area (Å²) in [7, 11) is 0. The van der Waals surface area contributed by atoms with Crippen LogP contribution in [0, 0.1) is 11.8 Å². The number of amides is 2. The average molecular weight is 650 g/mol. The van der Waals surface area contributed by atoms with Crippen LogP contribution in [0.15, 0.2) is 71.2 Å². The molecule has 2 amide bonds. The van der Waals surface area contributed by atoms with E-state index in [1.807, 2.05) is 62.4 Å². The van der Waals surface area contributed by atoms with Crippen molar-refractivity contribution in [1.29, 1.82) is 0 Å². The molecule has 7 nitrogen and oxygen atoms in total. The Kier molecular flexibility index (Phi) is 10.8. The number of aryl methyl sites for hydroxylation is 2. The Bertz CT molecular complexity index is 1470. The Morgan fingerprint density at radius 2 is 1.51 bits per heavy atom. The molecule has 3 aromatic carbocycles. The summed E-state index contributed by atoms with van der Waals surface area (Å²) in [6.45, 7) is 7.99. The lowest BCUT2D eigenvalue weighted by molar-refractivity contribution is -0.150. The van der Waals surface area contributed by atoms with Crippen molar-refractivity contribution in [2.75, 3.05) is 17.2 Å². The topological polar surface area (TPSA) is 105 Å². The van der Waals surface area contributed by atoms with Crippen molar-refractivity contribution in [3.05, 3.63) is 87.9 Å². The molecule has 0 aliphatic heterocycles. The van der Waals surface area contributed by atoms with E-state index in [4.69, 9.17) is 4.74 Å². The van der Waals surface area contributed by atoms with Crippen LogP contribution in [-0.4, -0.2) is 34.9 Å². The number of hydrogen-bond donors (Lipinski definition) is 3. The first kappa shape index (κ1) is 32.4. The molecule has 0 bridgehead atoms. The summed E-state index contributed by atoms with van der Waals surface area (Å²) in [6.07, 6.45) is 2.78. The summed E-state index contributed by atoms with van der Waals surface area (Å²) in [4.78, 5) is 42.2. The first-order valence-corrected chi connectivity index (χ1v) is 15.8. The highest BCUT2D eigenvalue weighted by Gasteiger charge is 2.56. The second-order valence-corrected chi connectivity index (χ2v) is 12.3. The molecule has 0 heterocycles. The number of halogens is 1. The van der Waals surface area contributed by atoms with Crippen molar-refractivity contribution in [3.8, 4) is 5.75 Å². The zero-order valence-corrected chi connectivity index (χ0v) is 26.9. The monoisotopic (exact) mass is 648 g/mol. The van der Waals surface area contributed by atoms with Gasteiger partial charge in [-0.25, -0.2) is 0 Å². The van der Waals surface area contributed by atoms with Gasteiger partial charge in [-0.3, -0.25) is 14.4 Å². The van der Waals surface area contributed by atoms with E-state index < -0.39 is 41.0 Å². The highest BCUT2D eigenvalue weighted by atomic mass is 79.9. The van der Waals surface area contributed by atoms with Gasteiger partial charge in [-0.15, -0.1) is 0 Å². The SMILES string of the molecule is CCCCOc1ccc(Br)cc1C1C(C(=O)Nc2ccccc2CC)C(=O)CC(C)(O)C1C(=O)Nc1ccccc1CC. The third kappa shape index (κ3) is 7.36. The zero-order chi connectivity index (χ0) is 31.1. The third-order valence-electron chi connectivity index (χ3n) is 8.23. The molecule has 3 N–H and O–H groups in total. The lowest BCUT2D eigenvalue weighted by atomic mass is 9.61. The molecule has 1 aliphatic rings. The van der Waals surface area contributed by atoms with E-state index in [1.165, 1.54) is 6.92 Å². The van der Waals surface area contributed by atoms with Gasteiger partial charge < -0.3 is 20.5 Å². The van der Waals surface area contributed by atoms with Crippen LogP contribution in [0.5, 0.6) is 5.75 Å². The van der Waals surface area contributed by atoms with Crippen molar-refractivity contribution < 1.29 is 24.2 Å². The fourth-order valence-corrected chi connectivity index (χ4v) is 6.40. The molecule has 0 radical (unpaired) electrons. The normalized spacial score (nSPS) is 21.7. The van der Waals surface area contributed by atoms with Crippen molar-refractivity contribution in [2.24, 2.45) is 11.8 Å². The van der Waals surface area contributed by atoms with E-state index in [9.17, 15) is 19.5 Å². The number of aliphatic hydroxyl groups is 1. The first-order chi connectivity index (χ1) is 20.6. The third-order valence-corrected chi connectivity index (χ3v) is 8.72. The molecular weight excluding hydrogens is 608 g/mol. The van der Waals surface area contributed by atoms with Crippen molar-refractivity contribution in [2.45, 2.75) is 71.3 Å². The molecule has 8 heteroatoms. The summed E-state index contributed by atoms with van der Waals surface area (Å²) in [5.74, 6) is -4.33. The fraction of sp³-hybridized carbons (Fsp3) is 0.400. The second-order valence-electron chi connectivity index (χ2n) is 11.4. The van der Waals surface area contributed by atoms with Gasteiger partial charge in [0.1, 0.15) is 17.5 Å². The standard InChI is InChI=1S/C35H41BrN2O5/c1-5-8-19-43-29-18-17-24(36)20-25(29)30-31(33(40)37-26-15-11-9-13-22(26)6-2)28(39)21-35(4,42)32(30)34(41)38-27-16-12-10-14-23(27)7-3/h9-18,20,30-32,42H,5-8,19,21H2,1-4H3,(H,37,40)(H,38,41). The highest BCUT2D eigenvalue weighted by molar-refractivity contribution is 9.10. The van der Waals surface area contributed by atoms with Gasteiger partial charge in [-0.2, -0.15) is 0 Å².